The fourth-order valence-electron chi connectivity index (χ4n) is 0.595. The van der Waals surface area contributed by atoms with Gasteiger partial charge < -0.3 is 0 Å². The van der Waals surface area contributed by atoms with E-state index in [1.807, 2.05) is 12.1 Å². The van der Waals surface area contributed by atoms with Crippen LogP contribution in [-0.4, -0.2) is 0 Å². The first-order valence-corrected chi connectivity index (χ1v) is 2.80. The second kappa shape index (κ2) is 2.37. The second-order valence-electron chi connectivity index (χ2n) is 1.67. The molecule has 0 atom stereocenters. The largest absolute Gasteiger partial charge is 0.0700 e. The molecule has 1 rings (SSSR count). The molecule has 0 aromatic heterocycles. The van der Waals surface area contributed by atoms with Gasteiger partial charge in [0.2, 0.25) is 0 Å². The van der Waals surface area contributed by atoms with Gasteiger partial charge in [0.1, 0.15) is 0 Å². The molecule has 0 nitrogen and oxygen atoms in total. The highest BCUT2D eigenvalue weighted by Gasteiger charge is 1.78. The smallest absolute Gasteiger partial charge is 0.00213 e. The quantitative estimate of drug-likeness (QED) is 0.510. The molecule has 1 aromatic carbocycles. The van der Waals surface area contributed by atoms with Crippen molar-refractivity contribution in [1.29, 1.82) is 0 Å². The van der Waals surface area contributed by atoms with Crippen molar-refractivity contribution in [3.05, 3.63) is 35.9 Å². The molecule has 0 radical (unpaired) electrons. The van der Waals surface area contributed by atoms with Crippen LogP contribution in [0, 0.1) is 12.1 Å². The second-order valence-corrected chi connectivity index (χ2v) is 1.67. The van der Waals surface area contributed by atoms with Crippen molar-refractivity contribution in [2.75, 3.05) is 0 Å². The summed E-state index contributed by atoms with van der Waals surface area (Å²) in [6.07, 6.45) is 1.05. The average Bonchev–Trinajstić information content (AvgIpc) is 1.90. The van der Waals surface area contributed by atoms with E-state index in [0.29, 0.717) is 0 Å². The van der Waals surface area contributed by atoms with Crippen LogP contribution in [0.15, 0.2) is 18.2 Å². The van der Waals surface area contributed by atoms with E-state index in [1.54, 1.807) is 0 Å². The molecule has 0 amide bonds. The summed E-state index contributed by atoms with van der Waals surface area (Å²) in [4.78, 5) is 0. The maximum Gasteiger partial charge on any atom is 0.00213 e. The molecular formula is C8H8. The van der Waals surface area contributed by atoms with Gasteiger partial charge in [-0.15, -0.1) is 0 Å². The monoisotopic (exact) mass is 104 g/mol. The lowest BCUT2D eigenvalue weighted by atomic mass is 10.2. The zero-order chi connectivity index (χ0) is 5.82. The van der Waals surface area contributed by atoms with Crippen LogP contribution in [0.25, 0.3) is 0 Å². The lowest BCUT2D eigenvalue weighted by Crippen LogP contribution is -1.71. The third-order valence-corrected chi connectivity index (χ3v) is 1.09. The molecule has 0 aliphatic heterocycles. The van der Waals surface area contributed by atoms with Gasteiger partial charge in [-0.1, -0.05) is 31.2 Å². The number of aryl methyl sites for hydroxylation is 1. The van der Waals surface area contributed by atoms with Crippen molar-refractivity contribution in [3.8, 4) is 0 Å². The zero-order valence-corrected chi connectivity index (χ0v) is 4.94. The average molecular weight is 104 g/mol. The summed E-state index contributed by atoms with van der Waals surface area (Å²) >= 11 is 0. The molecule has 0 unspecified atom stereocenters. The Morgan fingerprint density at radius 2 is 2.50 bits per heavy atom. The highest BCUT2D eigenvalue weighted by Crippen LogP contribution is 1.91. The zero-order valence-electron chi connectivity index (χ0n) is 4.94. The maximum atomic E-state index is 2.99. The molecule has 40 valence electrons. The summed E-state index contributed by atoms with van der Waals surface area (Å²) in [7, 11) is 0. The highest BCUT2D eigenvalue weighted by molar-refractivity contribution is 5.06. The van der Waals surface area contributed by atoms with Crippen LogP contribution in [-0.2, 0) is 6.42 Å². The number of rotatable bonds is 1. The summed E-state index contributed by atoms with van der Waals surface area (Å²) in [6, 6.07) is 11.8. The summed E-state index contributed by atoms with van der Waals surface area (Å²) < 4.78 is 0. The minimum atomic E-state index is 1.05. The van der Waals surface area contributed by atoms with Crippen LogP contribution >= 0.6 is 0 Å². The summed E-state index contributed by atoms with van der Waals surface area (Å²) in [5.74, 6) is 0. The van der Waals surface area contributed by atoms with Crippen LogP contribution in [0.1, 0.15) is 12.5 Å². The summed E-state index contributed by atoms with van der Waals surface area (Å²) in [5, 5.41) is 0. The minimum Gasteiger partial charge on any atom is -0.0700 e. The van der Waals surface area contributed by atoms with Crippen molar-refractivity contribution in [2.24, 2.45) is 0 Å². The van der Waals surface area contributed by atoms with Crippen molar-refractivity contribution in [3.63, 3.8) is 0 Å². The van der Waals surface area contributed by atoms with Gasteiger partial charge in [0, 0.05) is 5.56 Å². The number of hydrogen-bond acceptors (Lipinski definition) is 0. The van der Waals surface area contributed by atoms with E-state index in [4.69, 9.17) is 0 Å². The highest BCUT2D eigenvalue weighted by atomic mass is 13.8. The van der Waals surface area contributed by atoms with Gasteiger partial charge in [-0.2, -0.15) is 0 Å². The van der Waals surface area contributed by atoms with Gasteiger partial charge in [-0.25, -0.2) is 0 Å². The van der Waals surface area contributed by atoms with Crippen LogP contribution in [0.4, 0.5) is 0 Å². The first kappa shape index (κ1) is 5.18. The summed E-state index contributed by atoms with van der Waals surface area (Å²) in [6.45, 7) is 2.11. The molecule has 0 heterocycles. The van der Waals surface area contributed by atoms with E-state index in [0.717, 1.165) is 6.42 Å². The van der Waals surface area contributed by atoms with Crippen molar-refractivity contribution in [2.45, 2.75) is 13.3 Å². The molecule has 0 aliphatic rings. The fraction of sp³-hybridized carbons (Fsp3) is 0.250. The molecular weight excluding hydrogens is 96.1 g/mol. The lowest BCUT2D eigenvalue weighted by molar-refractivity contribution is 1.14. The van der Waals surface area contributed by atoms with Crippen molar-refractivity contribution in [1.82, 2.24) is 0 Å². The van der Waals surface area contributed by atoms with E-state index in [9.17, 15) is 0 Å². The Morgan fingerprint density at radius 1 is 1.62 bits per heavy atom. The van der Waals surface area contributed by atoms with Crippen LogP contribution in [0.5, 0.6) is 0 Å². The Labute approximate surface area is 50.2 Å². The van der Waals surface area contributed by atoms with Gasteiger partial charge in [0.25, 0.3) is 0 Å². The molecule has 0 bridgehead atoms. The molecule has 0 heteroatoms. The van der Waals surface area contributed by atoms with Gasteiger partial charge in [0.05, 0.1) is 0 Å². The predicted molar refractivity (Wildman–Crippen MR) is 33.5 cm³/mol. The van der Waals surface area contributed by atoms with Crippen molar-refractivity contribution < 1.29 is 0 Å². The first-order valence-electron chi connectivity index (χ1n) is 2.80. The molecule has 0 saturated heterocycles. The van der Waals surface area contributed by atoms with E-state index >= 15 is 0 Å². The lowest BCUT2D eigenvalue weighted by Gasteiger charge is -1.83. The first-order chi connectivity index (χ1) is 3.93. The van der Waals surface area contributed by atoms with Gasteiger partial charge in [-0.05, 0) is 12.5 Å². The standard InChI is InChI=1S/C8H8/c1-2-8-6-4-3-5-7-8/h3-4,6H,2H2,1H3. The summed E-state index contributed by atoms with van der Waals surface area (Å²) in [5.41, 5.74) is 1.23. The van der Waals surface area contributed by atoms with Crippen LogP contribution < -0.4 is 0 Å². The Morgan fingerprint density at radius 3 is 2.88 bits per heavy atom. The Bertz CT molecular complexity index is 141. The third-order valence-electron chi connectivity index (χ3n) is 1.09. The van der Waals surface area contributed by atoms with Crippen LogP contribution in [0.2, 0.25) is 0 Å². The van der Waals surface area contributed by atoms with E-state index in [2.05, 4.69) is 25.1 Å². The fourth-order valence-corrected chi connectivity index (χ4v) is 0.595. The molecule has 0 aliphatic carbocycles. The van der Waals surface area contributed by atoms with E-state index in [1.165, 1.54) is 5.56 Å². The SMILES string of the molecule is CCc1c#cccc1. The number of hydrogen-bond donors (Lipinski definition) is 0. The molecule has 0 spiro atoms. The minimum absolute atomic E-state index is 1.05. The Balaban J connectivity index is 2.83. The molecule has 1 aromatic rings. The molecule has 8 heavy (non-hydrogen) atoms. The topological polar surface area (TPSA) is 0 Å². The molecule has 0 N–H and O–H groups in total. The Kier molecular flexibility index (Phi) is 1.54. The van der Waals surface area contributed by atoms with Gasteiger partial charge in [-0.3, -0.25) is 0 Å². The van der Waals surface area contributed by atoms with Gasteiger partial charge in [0.15, 0.2) is 0 Å². The maximum absolute atomic E-state index is 2.99. The van der Waals surface area contributed by atoms with Crippen molar-refractivity contribution >= 4 is 0 Å². The normalized spacial score (nSPS) is 8.12. The molecule has 0 saturated carbocycles. The third kappa shape index (κ3) is 1.01. The Hall–Kier alpha value is -0.960. The van der Waals surface area contributed by atoms with Crippen LogP contribution in [0.3, 0.4) is 0 Å². The predicted octanol–water partition coefficient (Wildman–Crippen LogP) is 1.85. The van der Waals surface area contributed by atoms with E-state index < -0.39 is 0 Å². The van der Waals surface area contributed by atoms with E-state index in [-0.39, 0.29) is 0 Å². The van der Waals surface area contributed by atoms with Gasteiger partial charge >= 0.3 is 0 Å². The molecule has 0 fully saturated rings.